The number of hydrogen-bond donors (Lipinski definition) is 1. The molecule has 4 aliphatic carbocycles. The predicted octanol–water partition coefficient (Wildman–Crippen LogP) is 3.61. The van der Waals surface area contributed by atoms with Crippen LogP contribution in [-0.2, 0) is 0 Å². The molecule has 1 N–H and O–H groups in total. The maximum atomic E-state index is 11.3. The molecule has 4 fully saturated rings. The van der Waals surface area contributed by atoms with Crippen LogP contribution in [0.15, 0.2) is 0 Å². The average Bonchev–Trinajstić information content (AvgIpc) is 2.22. The van der Waals surface area contributed by atoms with Crippen molar-refractivity contribution in [2.75, 3.05) is 0 Å². The minimum absolute atomic E-state index is 0.136. The van der Waals surface area contributed by atoms with E-state index < -0.39 is 5.60 Å². The summed E-state index contributed by atoms with van der Waals surface area (Å²) in [6, 6.07) is 0. The summed E-state index contributed by atoms with van der Waals surface area (Å²) < 4.78 is 0. The highest BCUT2D eigenvalue weighted by molar-refractivity contribution is 5.19. The van der Waals surface area contributed by atoms with Crippen LogP contribution in [0.5, 0.6) is 0 Å². The Hall–Kier alpha value is -0.0400. The van der Waals surface area contributed by atoms with Gasteiger partial charge in [-0.1, -0.05) is 27.7 Å². The van der Waals surface area contributed by atoms with Crippen LogP contribution >= 0.6 is 0 Å². The zero-order valence-corrected chi connectivity index (χ0v) is 11.2. The number of rotatable bonds is 0. The molecule has 0 saturated heterocycles. The zero-order valence-electron chi connectivity index (χ0n) is 11.2. The molecule has 0 aliphatic heterocycles. The van der Waals surface area contributed by atoms with E-state index in [0.29, 0.717) is 0 Å². The second kappa shape index (κ2) is 2.85. The summed E-state index contributed by atoms with van der Waals surface area (Å²) in [7, 11) is 0. The molecule has 1 nitrogen and oxygen atoms in total. The molecule has 16 heavy (non-hydrogen) atoms. The first kappa shape index (κ1) is 11.1. The van der Waals surface area contributed by atoms with Gasteiger partial charge in [-0.05, 0) is 60.7 Å². The third kappa shape index (κ3) is 0.939. The van der Waals surface area contributed by atoms with Gasteiger partial charge in [-0.15, -0.1) is 0 Å². The third-order valence-corrected chi connectivity index (χ3v) is 7.05. The van der Waals surface area contributed by atoms with Gasteiger partial charge >= 0.3 is 0 Å². The topological polar surface area (TPSA) is 20.2 Å². The Morgan fingerprint density at radius 3 is 2.44 bits per heavy atom. The molecule has 0 radical (unpaired) electrons. The molecule has 0 unspecified atom stereocenters. The zero-order chi connectivity index (χ0) is 11.8. The number of hydrogen-bond acceptors (Lipinski definition) is 1. The lowest BCUT2D eigenvalue weighted by Crippen LogP contribution is -2.71. The molecule has 0 aromatic carbocycles. The number of fused-ring (bicyclic) bond motifs is 1. The van der Waals surface area contributed by atoms with Crippen molar-refractivity contribution in [2.45, 2.75) is 65.4 Å². The molecule has 4 bridgehead atoms. The molecule has 5 atom stereocenters. The van der Waals surface area contributed by atoms with Gasteiger partial charge in [0.25, 0.3) is 0 Å². The SMILES string of the molecule is C[C@H]1CC[C@]2(O)C(C)(C)[C@@H]3CC[C@@]2(C)[C@@H]1C3. The van der Waals surface area contributed by atoms with Crippen molar-refractivity contribution in [2.24, 2.45) is 28.6 Å². The summed E-state index contributed by atoms with van der Waals surface area (Å²) in [6.07, 6.45) is 6.23. The lowest BCUT2D eigenvalue weighted by molar-refractivity contribution is -0.291. The molecule has 4 saturated carbocycles. The van der Waals surface area contributed by atoms with Crippen molar-refractivity contribution in [3.05, 3.63) is 0 Å². The molecule has 4 rings (SSSR count). The monoisotopic (exact) mass is 222 g/mol. The first-order chi connectivity index (χ1) is 7.33. The molecule has 0 amide bonds. The van der Waals surface area contributed by atoms with E-state index in [9.17, 15) is 5.11 Å². The minimum atomic E-state index is -0.391. The molecule has 4 aliphatic rings. The van der Waals surface area contributed by atoms with E-state index >= 15 is 0 Å². The van der Waals surface area contributed by atoms with Crippen LogP contribution in [0.4, 0.5) is 0 Å². The standard InChI is InChI=1S/C15H26O/c1-10-5-8-15(16)13(2,3)11-6-7-14(15,4)12(10)9-11/h10-12,16H,5-9H2,1-4H3/t10-,11+,12+,14-,15-/m0/s1. The summed E-state index contributed by atoms with van der Waals surface area (Å²) in [5, 5.41) is 11.3. The van der Waals surface area contributed by atoms with Crippen LogP contribution in [-0.4, -0.2) is 10.7 Å². The smallest absolute Gasteiger partial charge is 0.0757 e. The lowest BCUT2D eigenvalue weighted by atomic mass is 9.35. The maximum Gasteiger partial charge on any atom is 0.0757 e. The molecule has 0 heterocycles. The molecule has 0 aromatic heterocycles. The van der Waals surface area contributed by atoms with E-state index in [-0.39, 0.29) is 10.8 Å². The van der Waals surface area contributed by atoms with E-state index in [1.54, 1.807) is 0 Å². The largest absolute Gasteiger partial charge is 0.389 e. The fraction of sp³-hybridized carbons (Fsp3) is 1.00. The van der Waals surface area contributed by atoms with E-state index in [0.717, 1.165) is 24.2 Å². The van der Waals surface area contributed by atoms with Gasteiger partial charge in [0.15, 0.2) is 0 Å². The van der Waals surface area contributed by atoms with Gasteiger partial charge < -0.3 is 5.11 Å². The fourth-order valence-corrected chi connectivity index (χ4v) is 5.69. The van der Waals surface area contributed by atoms with Gasteiger partial charge in [0.2, 0.25) is 0 Å². The average molecular weight is 222 g/mol. The van der Waals surface area contributed by atoms with Crippen LogP contribution in [0, 0.1) is 28.6 Å². The Kier molecular flexibility index (Phi) is 1.98. The Morgan fingerprint density at radius 1 is 1.06 bits per heavy atom. The predicted molar refractivity (Wildman–Crippen MR) is 66.1 cm³/mol. The Labute approximate surface area is 99.6 Å². The quantitative estimate of drug-likeness (QED) is 0.664. The van der Waals surface area contributed by atoms with Crippen LogP contribution in [0.2, 0.25) is 0 Å². The number of aliphatic hydroxyl groups is 1. The molecule has 92 valence electrons. The van der Waals surface area contributed by atoms with Gasteiger partial charge in [-0.25, -0.2) is 0 Å². The second-order valence-electron chi connectivity index (χ2n) is 7.59. The van der Waals surface area contributed by atoms with E-state index in [2.05, 4.69) is 27.7 Å². The Morgan fingerprint density at radius 2 is 1.75 bits per heavy atom. The van der Waals surface area contributed by atoms with Crippen molar-refractivity contribution >= 4 is 0 Å². The molecular weight excluding hydrogens is 196 g/mol. The fourth-order valence-electron chi connectivity index (χ4n) is 5.69. The van der Waals surface area contributed by atoms with Crippen molar-refractivity contribution in [3.63, 3.8) is 0 Å². The molecular formula is C15H26O. The van der Waals surface area contributed by atoms with Gasteiger partial charge in [-0.2, -0.15) is 0 Å². The minimum Gasteiger partial charge on any atom is -0.389 e. The normalized spacial score (nSPS) is 58.7. The van der Waals surface area contributed by atoms with Gasteiger partial charge in [0, 0.05) is 0 Å². The van der Waals surface area contributed by atoms with Crippen molar-refractivity contribution in [1.29, 1.82) is 0 Å². The van der Waals surface area contributed by atoms with Crippen molar-refractivity contribution in [3.8, 4) is 0 Å². The second-order valence-corrected chi connectivity index (χ2v) is 7.59. The first-order valence-electron chi connectivity index (χ1n) is 7.05. The molecule has 1 heteroatoms. The summed E-state index contributed by atoms with van der Waals surface area (Å²) in [5.74, 6) is 2.36. The van der Waals surface area contributed by atoms with Crippen LogP contribution < -0.4 is 0 Å². The summed E-state index contributed by atoms with van der Waals surface area (Å²) in [4.78, 5) is 0. The molecule has 0 aromatic rings. The van der Waals surface area contributed by atoms with Crippen LogP contribution in [0.25, 0.3) is 0 Å². The summed E-state index contributed by atoms with van der Waals surface area (Å²) >= 11 is 0. The lowest BCUT2D eigenvalue weighted by Gasteiger charge is -2.71. The van der Waals surface area contributed by atoms with Gasteiger partial charge in [-0.3, -0.25) is 0 Å². The Balaban J connectivity index is 2.13. The summed E-state index contributed by atoms with van der Waals surface area (Å²) in [5.41, 5.74) is -0.0576. The molecule has 0 spiro atoms. The van der Waals surface area contributed by atoms with E-state index in [1.165, 1.54) is 25.7 Å². The van der Waals surface area contributed by atoms with Crippen LogP contribution in [0.1, 0.15) is 59.8 Å². The first-order valence-corrected chi connectivity index (χ1v) is 7.05. The van der Waals surface area contributed by atoms with Crippen molar-refractivity contribution < 1.29 is 5.11 Å². The van der Waals surface area contributed by atoms with E-state index in [1.807, 2.05) is 0 Å². The van der Waals surface area contributed by atoms with Crippen LogP contribution in [0.3, 0.4) is 0 Å². The highest BCUT2D eigenvalue weighted by Crippen LogP contribution is 2.71. The third-order valence-electron chi connectivity index (χ3n) is 7.05. The summed E-state index contributed by atoms with van der Waals surface area (Å²) in [6.45, 7) is 9.43. The van der Waals surface area contributed by atoms with Gasteiger partial charge in [0.05, 0.1) is 5.60 Å². The highest BCUT2D eigenvalue weighted by Gasteiger charge is 2.69. The van der Waals surface area contributed by atoms with Crippen molar-refractivity contribution in [1.82, 2.24) is 0 Å². The van der Waals surface area contributed by atoms with Gasteiger partial charge in [0.1, 0.15) is 0 Å². The van der Waals surface area contributed by atoms with E-state index in [4.69, 9.17) is 0 Å². The highest BCUT2D eigenvalue weighted by atomic mass is 16.3. The Bertz CT molecular complexity index is 321. The maximum absolute atomic E-state index is 11.3.